The van der Waals surface area contributed by atoms with Crippen LogP contribution in [0.1, 0.15) is 20.3 Å². The predicted octanol–water partition coefficient (Wildman–Crippen LogP) is -0.594. The number of hydrogen-bond donors (Lipinski definition) is 2. The van der Waals surface area contributed by atoms with E-state index in [9.17, 15) is 9.90 Å². The molecule has 1 rings (SSSR count). The highest BCUT2D eigenvalue weighted by Gasteiger charge is 2.36. The van der Waals surface area contributed by atoms with E-state index < -0.39 is 30.6 Å². The van der Waals surface area contributed by atoms with Crippen LogP contribution in [-0.2, 0) is 14.3 Å². The summed E-state index contributed by atoms with van der Waals surface area (Å²) in [5.74, 6) is -0.467. The van der Waals surface area contributed by atoms with Gasteiger partial charge in [0.1, 0.15) is 12.2 Å². The van der Waals surface area contributed by atoms with E-state index in [1.807, 2.05) is 0 Å². The Labute approximate surface area is 76.3 Å². The summed E-state index contributed by atoms with van der Waals surface area (Å²) in [6.45, 7) is 2.88. The van der Waals surface area contributed by atoms with Crippen LogP contribution in [0.5, 0.6) is 0 Å². The second kappa shape index (κ2) is 4.04. The highest BCUT2D eigenvalue weighted by Crippen LogP contribution is 2.21. The zero-order valence-corrected chi connectivity index (χ0v) is 7.64. The maximum Gasteiger partial charge on any atom is 0.302 e. The number of hydrogen-bond acceptors (Lipinski definition) is 5. The highest BCUT2D eigenvalue weighted by molar-refractivity contribution is 5.66. The van der Waals surface area contributed by atoms with Crippen molar-refractivity contribution < 1.29 is 24.5 Å². The van der Waals surface area contributed by atoms with Crippen molar-refractivity contribution in [2.75, 3.05) is 0 Å². The number of ether oxygens (including phenoxy) is 2. The van der Waals surface area contributed by atoms with E-state index in [0.717, 1.165) is 0 Å². The Morgan fingerprint density at radius 3 is 2.69 bits per heavy atom. The zero-order valence-electron chi connectivity index (χ0n) is 7.64. The van der Waals surface area contributed by atoms with Gasteiger partial charge in [0.2, 0.25) is 0 Å². The predicted molar refractivity (Wildman–Crippen MR) is 42.7 cm³/mol. The summed E-state index contributed by atoms with van der Waals surface area (Å²) in [5.41, 5.74) is 0. The fourth-order valence-electron chi connectivity index (χ4n) is 1.36. The largest absolute Gasteiger partial charge is 0.459 e. The van der Waals surface area contributed by atoms with Crippen LogP contribution in [-0.4, -0.2) is 40.8 Å². The van der Waals surface area contributed by atoms with E-state index in [1.165, 1.54) is 6.92 Å². The Hall–Kier alpha value is -0.650. The molecule has 2 N–H and O–H groups in total. The van der Waals surface area contributed by atoms with Gasteiger partial charge in [-0.25, -0.2) is 0 Å². The molecule has 76 valence electrons. The number of rotatable bonds is 1. The van der Waals surface area contributed by atoms with E-state index in [-0.39, 0.29) is 6.42 Å². The van der Waals surface area contributed by atoms with Gasteiger partial charge in [-0.1, -0.05) is 0 Å². The summed E-state index contributed by atoms with van der Waals surface area (Å²) in [5, 5.41) is 18.6. The molecule has 1 fully saturated rings. The van der Waals surface area contributed by atoms with Gasteiger partial charge in [-0.15, -0.1) is 0 Å². The van der Waals surface area contributed by atoms with Crippen molar-refractivity contribution >= 4 is 5.97 Å². The van der Waals surface area contributed by atoms with Crippen LogP contribution in [0, 0.1) is 0 Å². The van der Waals surface area contributed by atoms with Crippen LogP contribution in [0.3, 0.4) is 0 Å². The van der Waals surface area contributed by atoms with Gasteiger partial charge in [0, 0.05) is 13.3 Å². The number of carbonyl (C=O) groups excluding carboxylic acids is 1. The molecule has 13 heavy (non-hydrogen) atoms. The number of aliphatic hydroxyl groups excluding tert-OH is 2. The van der Waals surface area contributed by atoms with Crippen LogP contribution in [0.25, 0.3) is 0 Å². The molecule has 0 saturated carbocycles. The summed E-state index contributed by atoms with van der Waals surface area (Å²) in [6, 6.07) is 0. The van der Waals surface area contributed by atoms with E-state index in [0.29, 0.717) is 0 Å². The van der Waals surface area contributed by atoms with Gasteiger partial charge in [-0.3, -0.25) is 4.79 Å². The lowest BCUT2D eigenvalue weighted by Gasteiger charge is -2.34. The Morgan fingerprint density at radius 2 is 2.15 bits per heavy atom. The van der Waals surface area contributed by atoms with Crippen molar-refractivity contribution in [2.45, 2.75) is 44.9 Å². The monoisotopic (exact) mass is 190 g/mol. The van der Waals surface area contributed by atoms with Crippen molar-refractivity contribution in [1.82, 2.24) is 0 Å². The van der Waals surface area contributed by atoms with Gasteiger partial charge in [0.05, 0.1) is 6.10 Å². The van der Waals surface area contributed by atoms with E-state index in [2.05, 4.69) is 0 Å². The minimum Gasteiger partial charge on any atom is -0.459 e. The lowest BCUT2D eigenvalue weighted by atomic mass is 10.0. The quantitative estimate of drug-likeness (QED) is 0.540. The van der Waals surface area contributed by atoms with Crippen LogP contribution < -0.4 is 0 Å². The molecular formula is C8H14O5. The Kier molecular flexibility index (Phi) is 3.24. The molecule has 4 atom stereocenters. The van der Waals surface area contributed by atoms with Crippen molar-refractivity contribution in [1.29, 1.82) is 0 Å². The molecule has 0 bridgehead atoms. The van der Waals surface area contributed by atoms with Gasteiger partial charge < -0.3 is 19.7 Å². The van der Waals surface area contributed by atoms with Gasteiger partial charge in [0.25, 0.3) is 0 Å². The molecule has 1 heterocycles. The molecule has 1 saturated heterocycles. The lowest BCUT2D eigenvalue weighted by Crippen LogP contribution is -2.48. The Bertz CT molecular complexity index is 193. The van der Waals surface area contributed by atoms with Crippen molar-refractivity contribution in [3.05, 3.63) is 0 Å². The summed E-state index contributed by atoms with van der Waals surface area (Å²) in [6.07, 6.45) is -2.91. The second-order valence-electron chi connectivity index (χ2n) is 3.17. The number of carbonyl (C=O) groups is 1. The van der Waals surface area contributed by atoms with Gasteiger partial charge in [-0.2, -0.15) is 0 Å². The van der Waals surface area contributed by atoms with Gasteiger partial charge >= 0.3 is 5.97 Å². The molecule has 5 heteroatoms. The molecule has 0 spiro atoms. The molecule has 0 aromatic carbocycles. The Morgan fingerprint density at radius 1 is 1.54 bits per heavy atom. The second-order valence-corrected chi connectivity index (χ2v) is 3.17. The van der Waals surface area contributed by atoms with Crippen molar-refractivity contribution in [3.8, 4) is 0 Å². The summed E-state index contributed by atoms with van der Waals surface area (Å²) < 4.78 is 9.74. The minimum absolute atomic E-state index is 0.116. The van der Waals surface area contributed by atoms with Gasteiger partial charge in [-0.05, 0) is 6.92 Å². The normalized spacial score (nSPS) is 40.0. The van der Waals surface area contributed by atoms with Crippen molar-refractivity contribution in [2.24, 2.45) is 0 Å². The molecule has 1 aliphatic heterocycles. The average Bonchev–Trinajstić information content (AvgIpc) is 1.98. The standard InChI is InChI=1S/C8H14O5/c1-4-8(11)6(13-5(2)9)3-7(10)12-4/h4,6-8,10-11H,3H2,1-2H3/t4-,6+,7-,8-/m1/s1. The summed E-state index contributed by atoms with van der Waals surface area (Å²) >= 11 is 0. The fraction of sp³-hybridized carbons (Fsp3) is 0.875. The topological polar surface area (TPSA) is 76.0 Å². The van der Waals surface area contributed by atoms with Crippen LogP contribution in [0.2, 0.25) is 0 Å². The smallest absolute Gasteiger partial charge is 0.302 e. The maximum atomic E-state index is 10.6. The van der Waals surface area contributed by atoms with E-state index >= 15 is 0 Å². The molecule has 0 amide bonds. The molecule has 0 unspecified atom stereocenters. The molecular weight excluding hydrogens is 176 g/mol. The molecule has 0 radical (unpaired) electrons. The maximum absolute atomic E-state index is 10.6. The summed E-state index contributed by atoms with van der Waals surface area (Å²) in [4.78, 5) is 10.6. The lowest BCUT2D eigenvalue weighted by molar-refractivity contribution is -0.233. The average molecular weight is 190 g/mol. The molecule has 0 aromatic rings. The van der Waals surface area contributed by atoms with Gasteiger partial charge in [0.15, 0.2) is 6.29 Å². The SMILES string of the molecule is CC(=O)O[C@H]1C[C@H](O)O[C@H](C)[C@H]1O. The van der Waals surface area contributed by atoms with Crippen LogP contribution in [0.4, 0.5) is 0 Å². The summed E-state index contributed by atoms with van der Waals surface area (Å²) in [7, 11) is 0. The molecule has 1 aliphatic rings. The number of aliphatic hydroxyl groups is 2. The third kappa shape index (κ3) is 2.65. The third-order valence-electron chi connectivity index (χ3n) is 1.98. The fourth-order valence-corrected chi connectivity index (χ4v) is 1.36. The Balaban J connectivity index is 2.55. The van der Waals surface area contributed by atoms with E-state index in [1.54, 1.807) is 6.92 Å². The first-order valence-electron chi connectivity index (χ1n) is 4.19. The van der Waals surface area contributed by atoms with Crippen LogP contribution >= 0.6 is 0 Å². The van der Waals surface area contributed by atoms with Crippen LogP contribution in [0.15, 0.2) is 0 Å². The molecule has 0 aliphatic carbocycles. The molecule has 5 nitrogen and oxygen atoms in total. The number of esters is 1. The first-order valence-corrected chi connectivity index (χ1v) is 4.19. The van der Waals surface area contributed by atoms with E-state index in [4.69, 9.17) is 14.6 Å². The minimum atomic E-state index is -0.970. The first-order chi connectivity index (χ1) is 6.00. The highest BCUT2D eigenvalue weighted by atomic mass is 16.6. The molecule has 0 aromatic heterocycles. The third-order valence-corrected chi connectivity index (χ3v) is 1.98. The van der Waals surface area contributed by atoms with Crippen molar-refractivity contribution in [3.63, 3.8) is 0 Å². The first kappa shape index (κ1) is 10.4. The zero-order chi connectivity index (χ0) is 10.0.